The molecule has 1 aromatic heterocycles. The smallest absolute Gasteiger partial charge is 0.115 e. The summed E-state index contributed by atoms with van der Waals surface area (Å²) >= 11 is 0. The Bertz CT molecular complexity index is 412. The van der Waals surface area contributed by atoms with E-state index in [0.29, 0.717) is 6.54 Å². The third-order valence-corrected chi connectivity index (χ3v) is 2.11. The van der Waals surface area contributed by atoms with Gasteiger partial charge in [-0.15, -0.1) is 0 Å². The Morgan fingerprint density at radius 3 is 2.50 bits per heavy atom. The van der Waals surface area contributed by atoms with Crippen LogP contribution >= 0.6 is 0 Å². The molecule has 14 heavy (non-hydrogen) atoms. The van der Waals surface area contributed by atoms with Crippen molar-refractivity contribution in [2.75, 3.05) is 0 Å². The highest BCUT2D eigenvalue weighted by Crippen LogP contribution is 2.21. The first-order valence-electron chi connectivity index (χ1n) is 4.45. The maximum absolute atomic E-state index is 5.65. The zero-order valence-electron chi connectivity index (χ0n) is 7.72. The second kappa shape index (κ2) is 3.98. The predicted molar refractivity (Wildman–Crippen MR) is 55.4 cm³/mol. The molecule has 0 aliphatic heterocycles. The van der Waals surface area contributed by atoms with Gasteiger partial charge in [0.15, 0.2) is 0 Å². The van der Waals surface area contributed by atoms with Crippen molar-refractivity contribution in [3.63, 3.8) is 0 Å². The van der Waals surface area contributed by atoms with Crippen LogP contribution in [-0.4, -0.2) is 9.97 Å². The molecule has 0 aliphatic rings. The van der Waals surface area contributed by atoms with Crippen LogP contribution in [0.4, 0.5) is 0 Å². The Morgan fingerprint density at radius 2 is 1.79 bits per heavy atom. The van der Waals surface area contributed by atoms with Crippen LogP contribution in [0.15, 0.2) is 43.0 Å². The number of nitrogens with two attached hydrogens (primary N) is 1. The summed E-state index contributed by atoms with van der Waals surface area (Å²) in [4.78, 5) is 7.97. The zero-order chi connectivity index (χ0) is 9.80. The van der Waals surface area contributed by atoms with Crippen molar-refractivity contribution >= 4 is 0 Å². The molecule has 0 bridgehead atoms. The number of nitrogens with zero attached hydrogens (tertiary/aromatic N) is 2. The first-order chi connectivity index (χ1) is 6.92. The minimum atomic E-state index is 0.533. The average Bonchev–Trinajstić information content (AvgIpc) is 2.30. The lowest BCUT2D eigenvalue weighted by molar-refractivity contribution is 1.07. The number of hydrogen-bond donors (Lipinski definition) is 1. The van der Waals surface area contributed by atoms with Gasteiger partial charge in [-0.2, -0.15) is 0 Å². The molecule has 2 rings (SSSR count). The second-order valence-electron chi connectivity index (χ2n) is 2.99. The Balaban J connectivity index is 2.51. The second-order valence-corrected chi connectivity index (χ2v) is 2.99. The van der Waals surface area contributed by atoms with Gasteiger partial charge in [0.05, 0.1) is 0 Å². The third-order valence-electron chi connectivity index (χ3n) is 2.11. The quantitative estimate of drug-likeness (QED) is 0.773. The molecule has 70 valence electrons. The van der Waals surface area contributed by atoms with Gasteiger partial charge in [-0.05, 0) is 11.1 Å². The van der Waals surface area contributed by atoms with E-state index in [1.807, 2.05) is 24.3 Å². The van der Waals surface area contributed by atoms with Gasteiger partial charge in [-0.1, -0.05) is 24.3 Å². The van der Waals surface area contributed by atoms with Crippen LogP contribution in [0.5, 0.6) is 0 Å². The summed E-state index contributed by atoms with van der Waals surface area (Å²) < 4.78 is 0. The lowest BCUT2D eigenvalue weighted by Crippen LogP contribution is -1.98. The van der Waals surface area contributed by atoms with Gasteiger partial charge in [-0.25, -0.2) is 9.97 Å². The Morgan fingerprint density at radius 1 is 1.07 bits per heavy atom. The summed E-state index contributed by atoms with van der Waals surface area (Å²) in [5.74, 6) is 0. The van der Waals surface area contributed by atoms with E-state index in [4.69, 9.17) is 5.73 Å². The maximum atomic E-state index is 5.65. The van der Waals surface area contributed by atoms with Gasteiger partial charge in [0.2, 0.25) is 0 Å². The Labute approximate surface area is 82.6 Å². The van der Waals surface area contributed by atoms with Crippen molar-refractivity contribution in [2.45, 2.75) is 6.54 Å². The SMILES string of the molecule is NCc1ccccc1-c1cncnc1. The van der Waals surface area contributed by atoms with E-state index in [-0.39, 0.29) is 0 Å². The normalized spacial score (nSPS) is 10.1. The first-order valence-corrected chi connectivity index (χ1v) is 4.45. The van der Waals surface area contributed by atoms with E-state index in [0.717, 1.165) is 16.7 Å². The van der Waals surface area contributed by atoms with Gasteiger partial charge in [0, 0.05) is 24.5 Å². The van der Waals surface area contributed by atoms with Crippen LogP contribution in [-0.2, 0) is 6.54 Å². The number of benzene rings is 1. The fourth-order valence-corrected chi connectivity index (χ4v) is 1.42. The number of rotatable bonds is 2. The van der Waals surface area contributed by atoms with E-state index in [1.54, 1.807) is 12.4 Å². The molecule has 0 saturated heterocycles. The van der Waals surface area contributed by atoms with Gasteiger partial charge < -0.3 is 5.73 Å². The summed E-state index contributed by atoms with van der Waals surface area (Å²) in [7, 11) is 0. The van der Waals surface area contributed by atoms with E-state index in [1.165, 1.54) is 6.33 Å². The van der Waals surface area contributed by atoms with Crippen LogP contribution in [0, 0.1) is 0 Å². The molecule has 0 aliphatic carbocycles. The van der Waals surface area contributed by atoms with Gasteiger partial charge >= 0.3 is 0 Å². The Hall–Kier alpha value is -1.74. The van der Waals surface area contributed by atoms with Crippen LogP contribution in [0.25, 0.3) is 11.1 Å². The molecule has 0 atom stereocenters. The molecule has 3 heteroatoms. The standard InChI is InChI=1S/C11H11N3/c12-5-9-3-1-2-4-11(9)10-6-13-8-14-7-10/h1-4,6-8H,5,12H2. The molecule has 2 N–H and O–H groups in total. The van der Waals surface area contributed by atoms with E-state index >= 15 is 0 Å². The summed E-state index contributed by atoms with van der Waals surface area (Å²) in [6.07, 6.45) is 5.11. The van der Waals surface area contributed by atoms with Crippen LogP contribution in [0.3, 0.4) is 0 Å². The highest BCUT2D eigenvalue weighted by molar-refractivity contribution is 5.65. The van der Waals surface area contributed by atoms with Gasteiger partial charge in [0.1, 0.15) is 6.33 Å². The minimum absolute atomic E-state index is 0.533. The number of hydrogen-bond acceptors (Lipinski definition) is 3. The topological polar surface area (TPSA) is 51.8 Å². The minimum Gasteiger partial charge on any atom is -0.326 e. The lowest BCUT2D eigenvalue weighted by atomic mass is 10.0. The van der Waals surface area contributed by atoms with Crippen LogP contribution < -0.4 is 5.73 Å². The van der Waals surface area contributed by atoms with E-state index in [2.05, 4.69) is 9.97 Å². The highest BCUT2D eigenvalue weighted by Gasteiger charge is 2.02. The Kier molecular flexibility index (Phi) is 2.51. The summed E-state index contributed by atoms with van der Waals surface area (Å²) in [6.45, 7) is 0.533. The third kappa shape index (κ3) is 1.63. The molecule has 1 aromatic carbocycles. The highest BCUT2D eigenvalue weighted by atomic mass is 14.8. The van der Waals surface area contributed by atoms with Gasteiger partial charge in [0.25, 0.3) is 0 Å². The first kappa shape index (κ1) is 8.84. The van der Waals surface area contributed by atoms with Crippen molar-refractivity contribution in [2.24, 2.45) is 5.73 Å². The average molecular weight is 185 g/mol. The molecule has 1 heterocycles. The molecular weight excluding hydrogens is 174 g/mol. The fraction of sp³-hybridized carbons (Fsp3) is 0.0909. The van der Waals surface area contributed by atoms with Crippen LogP contribution in [0.1, 0.15) is 5.56 Å². The van der Waals surface area contributed by atoms with Crippen molar-refractivity contribution < 1.29 is 0 Å². The largest absolute Gasteiger partial charge is 0.326 e. The van der Waals surface area contributed by atoms with Crippen molar-refractivity contribution in [3.8, 4) is 11.1 Å². The molecule has 2 aromatic rings. The fourth-order valence-electron chi connectivity index (χ4n) is 1.42. The van der Waals surface area contributed by atoms with E-state index < -0.39 is 0 Å². The molecule has 3 nitrogen and oxygen atoms in total. The molecule has 0 fully saturated rings. The van der Waals surface area contributed by atoms with Crippen molar-refractivity contribution in [3.05, 3.63) is 48.5 Å². The van der Waals surface area contributed by atoms with Crippen molar-refractivity contribution in [1.29, 1.82) is 0 Å². The molecule has 0 amide bonds. The molecule has 0 unspecified atom stereocenters. The maximum Gasteiger partial charge on any atom is 0.115 e. The summed E-state index contributed by atoms with van der Waals surface area (Å²) in [5.41, 5.74) is 8.88. The predicted octanol–water partition coefficient (Wildman–Crippen LogP) is 1.60. The van der Waals surface area contributed by atoms with Crippen LogP contribution in [0.2, 0.25) is 0 Å². The summed E-state index contributed by atoms with van der Waals surface area (Å²) in [6, 6.07) is 8.01. The van der Waals surface area contributed by atoms with Crippen molar-refractivity contribution in [1.82, 2.24) is 9.97 Å². The zero-order valence-corrected chi connectivity index (χ0v) is 7.72. The van der Waals surface area contributed by atoms with E-state index in [9.17, 15) is 0 Å². The molecule has 0 saturated carbocycles. The molecular formula is C11H11N3. The monoisotopic (exact) mass is 185 g/mol. The summed E-state index contributed by atoms with van der Waals surface area (Å²) in [5, 5.41) is 0. The number of aromatic nitrogens is 2. The molecule has 0 radical (unpaired) electrons. The lowest BCUT2D eigenvalue weighted by Gasteiger charge is -2.05. The molecule has 0 spiro atoms. The van der Waals surface area contributed by atoms with Gasteiger partial charge in [-0.3, -0.25) is 0 Å².